The molecular weight excluding hydrogens is 396 g/mol. The van der Waals surface area contributed by atoms with Crippen LogP contribution in [0.25, 0.3) is 16.6 Å². The second-order valence-corrected chi connectivity index (χ2v) is 7.73. The van der Waals surface area contributed by atoms with Crippen molar-refractivity contribution in [2.75, 3.05) is 13.7 Å². The first kappa shape index (κ1) is 19.2. The van der Waals surface area contributed by atoms with Gasteiger partial charge in [-0.25, -0.2) is 9.36 Å². The van der Waals surface area contributed by atoms with Crippen LogP contribution in [-0.4, -0.2) is 33.3 Å². The minimum Gasteiger partial charge on any atom is -0.497 e. The van der Waals surface area contributed by atoms with Crippen LogP contribution < -0.4 is 21.3 Å². The number of aryl methyl sites for hydroxylation is 1. The summed E-state index contributed by atoms with van der Waals surface area (Å²) in [7, 11) is 1.62. The van der Waals surface area contributed by atoms with E-state index in [2.05, 4.69) is 15.3 Å². The molecule has 0 unspecified atom stereocenters. The maximum absolute atomic E-state index is 12.8. The van der Waals surface area contributed by atoms with E-state index in [0.717, 1.165) is 44.5 Å². The molecule has 8 heteroatoms. The second-order valence-electron chi connectivity index (χ2n) is 7.73. The Bertz CT molecular complexity index is 1410. The van der Waals surface area contributed by atoms with E-state index in [9.17, 15) is 14.7 Å². The fourth-order valence-corrected chi connectivity index (χ4v) is 4.31. The molecule has 0 saturated carbocycles. The first-order valence-corrected chi connectivity index (χ1v) is 10.0. The molecule has 0 spiro atoms. The van der Waals surface area contributed by atoms with Gasteiger partial charge in [0.25, 0.3) is 5.56 Å². The van der Waals surface area contributed by atoms with Crippen LogP contribution in [0.3, 0.4) is 0 Å². The van der Waals surface area contributed by atoms with Crippen LogP contribution in [0.2, 0.25) is 0 Å². The van der Waals surface area contributed by atoms with Crippen LogP contribution in [-0.2, 0) is 6.42 Å². The SMILES string of the molecule is COc1ccc2[nH]c3c(c2c1)CCN[C@@H]3c1c(O)n(-c2ccc(C)cc2)c(=O)[nH]c1=O. The first-order chi connectivity index (χ1) is 15.0. The van der Waals surface area contributed by atoms with Crippen molar-refractivity contribution in [3.8, 4) is 17.3 Å². The molecule has 0 amide bonds. The number of hydrogen-bond donors (Lipinski definition) is 4. The maximum Gasteiger partial charge on any atom is 0.335 e. The summed E-state index contributed by atoms with van der Waals surface area (Å²) in [6.07, 6.45) is 0.759. The third-order valence-corrected chi connectivity index (χ3v) is 5.86. The quantitative estimate of drug-likeness (QED) is 0.408. The van der Waals surface area contributed by atoms with Gasteiger partial charge in [-0.05, 0) is 49.2 Å². The van der Waals surface area contributed by atoms with Gasteiger partial charge in [0.15, 0.2) is 0 Å². The standard InChI is InChI=1S/C23H22N4O4/c1-12-3-5-13(6-4-12)27-22(29)18(21(28)26-23(27)30)20-19-15(9-10-24-20)16-11-14(31-2)7-8-17(16)25-19/h3-8,11,20,24-25,29H,9-10H2,1-2H3,(H,26,28,30)/t20-/m1/s1. The monoisotopic (exact) mass is 418 g/mol. The van der Waals surface area contributed by atoms with E-state index in [4.69, 9.17) is 4.74 Å². The topological polar surface area (TPSA) is 112 Å². The Balaban J connectivity index is 1.72. The molecule has 0 saturated heterocycles. The van der Waals surface area contributed by atoms with Crippen molar-refractivity contribution in [1.82, 2.24) is 19.9 Å². The molecule has 31 heavy (non-hydrogen) atoms. The van der Waals surface area contributed by atoms with Crippen LogP contribution >= 0.6 is 0 Å². The van der Waals surface area contributed by atoms with Gasteiger partial charge in [-0.2, -0.15) is 0 Å². The molecule has 1 aliphatic heterocycles. The molecule has 8 nitrogen and oxygen atoms in total. The van der Waals surface area contributed by atoms with E-state index in [0.29, 0.717) is 12.2 Å². The number of rotatable bonds is 3. The van der Waals surface area contributed by atoms with E-state index in [1.54, 1.807) is 19.2 Å². The van der Waals surface area contributed by atoms with Crippen molar-refractivity contribution in [2.24, 2.45) is 0 Å². The van der Waals surface area contributed by atoms with Gasteiger partial charge in [0.05, 0.1) is 18.8 Å². The highest BCUT2D eigenvalue weighted by Crippen LogP contribution is 2.36. The predicted molar refractivity (Wildman–Crippen MR) is 117 cm³/mol. The number of fused-ring (bicyclic) bond motifs is 3. The van der Waals surface area contributed by atoms with E-state index in [1.807, 2.05) is 37.3 Å². The van der Waals surface area contributed by atoms with Crippen LogP contribution in [0.4, 0.5) is 0 Å². The maximum atomic E-state index is 12.8. The average Bonchev–Trinajstić information content (AvgIpc) is 3.13. The molecule has 2 aromatic heterocycles. The normalized spacial score (nSPS) is 15.7. The number of aromatic amines is 2. The fourth-order valence-electron chi connectivity index (χ4n) is 4.31. The zero-order valence-electron chi connectivity index (χ0n) is 17.2. The lowest BCUT2D eigenvalue weighted by Crippen LogP contribution is -2.38. The Labute approximate surface area is 177 Å². The summed E-state index contributed by atoms with van der Waals surface area (Å²) in [5, 5.41) is 15.4. The molecule has 0 radical (unpaired) electrons. The Morgan fingerprint density at radius 2 is 1.87 bits per heavy atom. The summed E-state index contributed by atoms with van der Waals surface area (Å²) >= 11 is 0. The molecule has 2 aromatic carbocycles. The molecule has 0 fully saturated rings. The molecular formula is C23H22N4O4. The predicted octanol–water partition coefficient (Wildman–Crippen LogP) is 2.26. The minimum absolute atomic E-state index is 0.0969. The molecule has 4 N–H and O–H groups in total. The summed E-state index contributed by atoms with van der Waals surface area (Å²) in [6.45, 7) is 2.55. The lowest BCUT2D eigenvalue weighted by molar-refractivity contribution is 0.409. The zero-order chi connectivity index (χ0) is 21.7. The number of nitrogens with one attached hydrogen (secondary N) is 3. The highest BCUT2D eigenvalue weighted by atomic mass is 16.5. The summed E-state index contributed by atoms with van der Waals surface area (Å²) in [5.74, 6) is 0.372. The summed E-state index contributed by atoms with van der Waals surface area (Å²) in [4.78, 5) is 31.1. The number of benzene rings is 2. The summed E-state index contributed by atoms with van der Waals surface area (Å²) < 4.78 is 6.48. The largest absolute Gasteiger partial charge is 0.497 e. The van der Waals surface area contributed by atoms with E-state index in [-0.39, 0.29) is 11.4 Å². The molecule has 0 aliphatic carbocycles. The van der Waals surface area contributed by atoms with Gasteiger partial charge in [-0.1, -0.05) is 17.7 Å². The Morgan fingerprint density at radius 1 is 1.10 bits per heavy atom. The van der Waals surface area contributed by atoms with E-state index < -0.39 is 17.3 Å². The van der Waals surface area contributed by atoms with Crippen molar-refractivity contribution >= 4 is 10.9 Å². The van der Waals surface area contributed by atoms with Gasteiger partial charge >= 0.3 is 5.69 Å². The molecule has 4 aromatic rings. The zero-order valence-corrected chi connectivity index (χ0v) is 17.2. The van der Waals surface area contributed by atoms with Gasteiger partial charge in [-0.3, -0.25) is 9.78 Å². The van der Waals surface area contributed by atoms with Crippen LogP contribution in [0, 0.1) is 6.92 Å². The van der Waals surface area contributed by atoms with E-state index >= 15 is 0 Å². The summed E-state index contributed by atoms with van der Waals surface area (Å²) in [5.41, 5.74) is 3.06. The summed E-state index contributed by atoms with van der Waals surface area (Å²) in [6, 6.07) is 12.3. The second kappa shape index (κ2) is 7.17. The van der Waals surface area contributed by atoms with Crippen LogP contribution in [0.5, 0.6) is 11.6 Å². The number of aromatic nitrogens is 3. The van der Waals surface area contributed by atoms with Crippen molar-refractivity contribution < 1.29 is 9.84 Å². The van der Waals surface area contributed by atoms with Crippen molar-refractivity contribution in [3.05, 3.63) is 85.7 Å². The number of methoxy groups -OCH3 is 1. The minimum atomic E-state index is -0.687. The van der Waals surface area contributed by atoms with Gasteiger partial charge in [0, 0.05) is 23.1 Å². The highest BCUT2D eigenvalue weighted by Gasteiger charge is 2.31. The third kappa shape index (κ3) is 3.03. The number of H-pyrrole nitrogens is 2. The average molecular weight is 418 g/mol. The van der Waals surface area contributed by atoms with Gasteiger partial charge < -0.3 is 20.1 Å². The molecule has 5 rings (SSSR count). The fraction of sp³-hybridized carbons (Fsp3) is 0.217. The molecule has 158 valence electrons. The number of nitrogens with zero attached hydrogens (tertiary/aromatic N) is 1. The number of ether oxygens (including phenoxy) is 1. The highest BCUT2D eigenvalue weighted by molar-refractivity contribution is 5.86. The number of aromatic hydroxyl groups is 1. The Hall–Kier alpha value is -3.78. The third-order valence-electron chi connectivity index (χ3n) is 5.86. The Morgan fingerprint density at radius 3 is 2.61 bits per heavy atom. The Kier molecular flexibility index (Phi) is 4.44. The molecule has 0 bridgehead atoms. The van der Waals surface area contributed by atoms with Gasteiger partial charge in [0.1, 0.15) is 11.3 Å². The van der Waals surface area contributed by atoms with Gasteiger partial charge in [0.2, 0.25) is 5.88 Å². The first-order valence-electron chi connectivity index (χ1n) is 10.0. The smallest absolute Gasteiger partial charge is 0.335 e. The van der Waals surface area contributed by atoms with Crippen LogP contribution in [0.15, 0.2) is 52.1 Å². The molecule has 1 atom stereocenters. The number of hydrogen-bond acceptors (Lipinski definition) is 5. The van der Waals surface area contributed by atoms with Crippen molar-refractivity contribution in [3.63, 3.8) is 0 Å². The van der Waals surface area contributed by atoms with Crippen molar-refractivity contribution in [2.45, 2.75) is 19.4 Å². The molecule has 1 aliphatic rings. The van der Waals surface area contributed by atoms with Crippen molar-refractivity contribution in [1.29, 1.82) is 0 Å². The van der Waals surface area contributed by atoms with Crippen LogP contribution in [0.1, 0.15) is 28.4 Å². The molecule has 3 heterocycles. The lowest BCUT2D eigenvalue weighted by atomic mass is 9.95. The van der Waals surface area contributed by atoms with Gasteiger partial charge in [-0.15, -0.1) is 0 Å². The van der Waals surface area contributed by atoms with E-state index in [1.165, 1.54) is 0 Å². The lowest BCUT2D eigenvalue weighted by Gasteiger charge is -2.25.